The normalized spacial score (nSPS) is 19.2. The van der Waals surface area contributed by atoms with Gasteiger partial charge in [-0.2, -0.15) is 0 Å². The van der Waals surface area contributed by atoms with Gasteiger partial charge in [-0.1, -0.05) is 12.8 Å². The second-order valence-corrected chi connectivity index (χ2v) is 5.64. The molecular weight excluding hydrogens is 202 g/mol. The van der Waals surface area contributed by atoms with E-state index in [1.165, 1.54) is 25.7 Å². The Morgan fingerprint density at radius 3 is 2.19 bits per heavy atom. The van der Waals surface area contributed by atoms with Crippen molar-refractivity contribution in [1.29, 1.82) is 0 Å². The number of likely N-dealkylation sites (tertiary alicyclic amines) is 1. The van der Waals surface area contributed by atoms with Gasteiger partial charge in [-0.15, -0.1) is 0 Å². The van der Waals surface area contributed by atoms with Crippen molar-refractivity contribution in [1.82, 2.24) is 4.90 Å². The van der Waals surface area contributed by atoms with E-state index >= 15 is 0 Å². The molecule has 0 aromatic carbocycles. The minimum atomic E-state index is -0.376. The zero-order valence-electron chi connectivity index (χ0n) is 10.9. The van der Waals surface area contributed by atoms with E-state index in [0.29, 0.717) is 6.61 Å². The summed E-state index contributed by atoms with van der Waals surface area (Å²) in [6.45, 7) is 9.42. The first-order valence-electron chi connectivity index (χ1n) is 6.40. The van der Waals surface area contributed by atoms with Crippen molar-refractivity contribution >= 4 is 5.97 Å². The number of hydrogen-bond acceptors (Lipinski definition) is 3. The number of hydrogen-bond donors (Lipinski definition) is 0. The third-order valence-corrected chi connectivity index (χ3v) is 2.95. The van der Waals surface area contributed by atoms with E-state index in [0.717, 1.165) is 19.6 Å². The van der Waals surface area contributed by atoms with Gasteiger partial charge >= 0.3 is 5.97 Å². The minimum absolute atomic E-state index is 0.0951. The van der Waals surface area contributed by atoms with Gasteiger partial charge in [-0.3, -0.25) is 9.69 Å². The van der Waals surface area contributed by atoms with Crippen LogP contribution >= 0.6 is 0 Å². The maximum Gasteiger partial charge on any atom is 0.311 e. The van der Waals surface area contributed by atoms with Gasteiger partial charge in [0.1, 0.15) is 6.61 Å². The molecule has 0 saturated carbocycles. The number of carbonyl (C=O) groups excluding carboxylic acids is 1. The molecule has 0 atom stereocenters. The Morgan fingerprint density at radius 2 is 1.69 bits per heavy atom. The second kappa shape index (κ2) is 6.24. The molecule has 0 unspecified atom stereocenters. The number of nitrogens with zero attached hydrogens (tertiary/aromatic N) is 1. The van der Waals surface area contributed by atoms with Crippen molar-refractivity contribution in [2.24, 2.45) is 5.41 Å². The molecule has 0 amide bonds. The van der Waals surface area contributed by atoms with E-state index < -0.39 is 0 Å². The highest BCUT2D eigenvalue weighted by Gasteiger charge is 2.23. The SMILES string of the molecule is CC(C)(C)C(=O)OCCN1CCCCCC1. The van der Waals surface area contributed by atoms with Gasteiger partial charge in [-0.05, 0) is 46.7 Å². The molecule has 1 heterocycles. The fourth-order valence-electron chi connectivity index (χ4n) is 1.84. The summed E-state index contributed by atoms with van der Waals surface area (Å²) in [7, 11) is 0. The van der Waals surface area contributed by atoms with Crippen molar-refractivity contribution in [2.75, 3.05) is 26.2 Å². The molecule has 0 radical (unpaired) electrons. The van der Waals surface area contributed by atoms with E-state index in [4.69, 9.17) is 4.74 Å². The topological polar surface area (TPSA) is 29.5 Å². The predicted octanol–water partition coefficient (Wildman–Crippen LogP) is 2.45. The maximum absolute atomic E-state index is 11.5. The Bertz CT molecular complexity index is 212. The van der Waals surface area contributed by atoms with Gasteiger partial charge in [0, 0.05) is 6.54 Å². The molecule has 1 saturated heterocycles. The number of esters is 1. The van der Waals surface area contributed by atoms with E-state index in [9.17, 15) is 4.79 Å². The van der Waals surface area contributed by atoms with Crippen LogP contribution < -0.4 is 0 Å². The first kappa shape index (κ1) is 13.5. The Kier molecular flexibility index (Phi) is 5.26. The lowest BCUT2D eigenvalue weighted by atomic mass is 9.97. The molecule has 0 aromatic rings. The zero-order chi connectivity index (χ0) is 12.0. The lowest BCUT2D eigenvalue weighted by molar-refractivity contribution is -0.153. The average molecular weight is 227 g/mol. The van der Waals surface area contributed by atoms with Crippen LogP contribution in [0.5, 0.6) is 0 Å². The van der Waals surface area contributed by atoms with Crippen molar-refractivity contribution in [3.8, 4) is 0 Å². The fourth-order valence-corrected chi connectivity index (χ4v) is 1.84. The maximum atomic E-state index is 11.5. The fraction of sp³-hybridized carbons (Fsp3) is 0.923. The van der Waals surface area contributed by atoms with Gasteiger partial charge in [-0.25, -0.2) is 0 Å². The summed E-state index contributed by atoms with van der Waals surface area (Å²) in [6, 6.07) is 0. The van der Waals surface area contributed by atoms with Gasteiger partial charge in [0.2, 0.25) is 0 Å². The third kappa shape index (κ3) is 4.97. The van der Waals surface area contributed by atoms with Crippen LogP contribution in [0.4, 0.5) is 0 Å². The van der Waals surface area contributed by atoms with Gasteiger partial charge < -0.3 is 4.74 Å². The summed E-state index contributed by atoms with van der Waals surface area (Å²) in [6.07, 6.45) is 5.26. The first-order valence-corrected chi connectivity index (χ1v) is 6.40. The Morgan fingerprint density at radius 1 is 1.12 bits per heavy atom. The quantitative estimate of drug-likeness (QED) is 0.694. The van der Waals surface area contributed by atoms with Gasteiger partial charge in [0.15, 0.2) is 0 Å². The lowest BCUT2D eigenvalue weighted by Crippen LogP contribution is -2.31. The highest BCUT2D eigenvalue weighted by molar-refractivity contribution is 5.75. The van der Waals surface area contributed by atoms with Gasteiger partial charge in [0.05, 0.1) is 5.41 Å². The minimum Gasteiger partial charge on any atom is -0.464 e. The van der Waals surface area contributed by atoms with Crippen LogP contribution in [0.3, 0.4) is 0 Å². The summed E-state index contributed by atoms with van der Waals surface area (Å²) in [5, 5.41) is 0. The summed E-state index contributed by atoms with van der Waals surface area (Å²) < 4.78 is 5.27. The van der Waals surface area contributed by atoms with Crippen LogP contribution in [0.15, 0.2) is 0 Å². The van der Waals surface area contributed by atoms with Crippen LogP contribution in [0, 0.1) is 5.41 Å². The largest absolute Gasteiger partial charge is 0.464 e. The monoisotopic (exact) mass is 227 g/mol. The Labute approximate surface area is 99.1 Å². The number of ether oxygens (including phenoxy) is 1. The average Bonchev–Trinajstić information content (AvgIpc) is 2.44. The third-order valence-electron chi connectivity index (χ3n) is 2.95. The molecule has 0 N–H and O–H groups in total. The predicted molar refractivity (Wildman–Crippen MR) is 65.3 cm³/mol. The van der Waals surface area contributed by atoms with Crippen LogP contribution in [0.25, 0.3) is 0 Å². The molecule has 1 aliphatic rings. The highest BCUT2D eigenvalue weighted by Crippen LogP contribution is 2.15. The van der Waals surface area contributed by atoms with E-state index in [1.807, 2.05) is 20.8 Å². The second-order valence-electron chi connectivity index (χ2n) is 5.64. The molecule has 3 nitrogen and oxygen atoms in total. The Balaban J connectivity index is 2.17. The van der Waals surface area contributed by atoms with Crippen molar-refractivity contribution < 1.29 is 9.53 Å². The standard InChI is InChI=1S/C13H25NO2/c1-13(2,3)12(15)16-11-10-14-8-6-4-5-7-9-14/h4-11H2,1-3H3. The molecule has 1 rings (SSSR count). The highest BCUT2D eigenvalue weighted by atomic mass is 16.5. The molecule has 0 aliphatic carbocycles. The first-order chi connectivity index (χ1) is 7.50. The van der Waals surface area contributed by atoms with E-state index in [2.05, 4.69) is 4.90 Å². The zero-order valence-corrected chi connectivity index (χ0v) is 10.9. The summed E-state index contributed by atoms with van der Waals surface area (Å²) in [4.78, 5) is 13.9. The van der Waals surface area contributed by atoms with E-state index in [-0.39, 0.29) is 11.4 Å². The van der Waals surface area contributed by atoms with Crippen LogP contribution in [-0.4, -0.2) is 37.1 Å². The summed E-state index contributed by atoms with van der Waals surface area (Å²) in [5.74, 6) is -0.0951. The lowest BCUT2D eigenvalue weighted by Gasteiger charge is -2.21. The van der Waals surface area contributed by atoms with Gasteiger partial charge in [0.25, 0.3) is 0 Å². The Hall–Kier alpha value is -0.570. The van der Waals surface area contributed by atoms with Crippen molar-refractivity contribution in [2.45, 2.75) is 46.5 Å². The van der Waals surface area contributed by atoms with Crippen molar-refractivity contribution in [3.05, 3.63) is 0 Å². The van der Waals surface area contributed by atoms with Crippen LogP contribution in [-0.2, 0) is 9.53 Å². The molecule has 0 spiro atoms. The molecule has 0 aromatic heterocycles. The molecule has 16 heavy (non-hydrogen) atoms. The molecular formula is C13H25NO2. The van der Waals surface area contributed by atoms with Crippen LogP contribution in [0.2, 0.25) is 0 Å². The smallest absolute Gasteiger partial charge is 0.311 e. The summed E-state index contributed by atoms with van der Waals surface area (Å²) in [5.41, 5.74) is -0.376. The van der Waals surface area contributed by atoms with Crippen LogP contribution in [0.1, 0.15) is 46.5 Å². The molecule has 94 valence electrons. The van der Waals surface area contributed by atoms with Crippen molar-refractivity contribution in [3.63, 3.8) is 0 Å². The summed E-state index contributed by atoms with van der Waals surface area (Å²) >= 11 is 0. The van der Waals surface area contributed by atoms with E-state index in [1.54, 1.807) is 0 Å². The molecule has 0 bridgehead atoms. The number of carbonyl (C=O) groups is 1. The molecule has 3 heteroatoms. The molecule has 1 aliphatic heterocycles. The number of rotatable bonds is 3. The molecule has 1 fully saturated rings.